The highest BCUT2D eigenvalue weighted by Crippen LogP contribution is 2.12. The van der Waals surface area contributed by atoms with E-state index in [9.17, 15) is 4.79 Å². The van der Waals surface area contributed by atoms with Crippen molar-refractivity contribution in [3.05, 3.63) is 68.3 Å². The Kier molecular flexibility index (Phi) is 3.38. The predicted molar refractivity (Wildman–Crippen MR) is 81.7 cm³/mol. The molecule has 0 aliphatic rings. The van der Waals surface area contributed by atoms with E-state index in [-0.39, 0.29) is 5.56 Å². The maximum atomic E-state index is 12.4. The van der Waals surface area contributed by atoms with Gasteiger partial charge in [-0.2, -0.15) is 0 Å². The molecule has 0 aliphatic heterocycles. The molecule has 0 unspecified atom stereocenters. The van der Waals surface area contributed by atoms with Crippen molar-refractivity contribution < 1.29 is 0 Å². The van der Waals surface area contributed by atoms with E-state index in [1.807, 2.05) is 18.2 Å². The van der Waals surface area contributed by atoms with E-state index in [0.29, 0.717) is 27.4 Å². The molecule has 0 radical (unpaired) electrons. The second kappa shape index (κ2) is 5.19. The van der Waals surface area contributed by atoms with E-state index in [2.05, 4.69) is 9.97 Å². The lowest BCUT2D eigenvalue weighted by Crippen LogP contribution is -2.23. The first kappa shape index (κ1) is 13.0. The molecule has 20 heavy (non-hydrogen) atoms. The van der Waals surface area contributed by atoms with Gasteiger partial charge in [-0.15, -0.1) is 0 Å². The molecule has 0 fully saturated rings. The molecular weight excluding hydrogens is 294 g/mol. The first-order chi connectivity index (χ1) is 9.65. The van der Waals surface area contributed by atoms with Crippen molar-refractivity contribution in [3.63, 3.8) is 0 Å². The van der Waals surface area contributed by atoms with Crippen LogP contribution in [0.4, 0.5) is 0 Å². The summed E-state index contributed by atoms with van der Waals surface area (Å²) >= 11 is 11.2. The second-order valence-corrected chi connectivity index (χ2v) is 5.17. The lowest BCUT2D eigenvalue weighted by molar-refractivity contribution is 0.733. The number of pyridine rings is 1. The summed E-state index contributed by atoms with van der Waals surface area (Å²) in [6, 6.07) is 10.8. The molecule has 4 nitrogen and oxygen atoms in total. The Morgan fingerprint density at radius 3 is 2.95 bits per heavy atom. The number of benzene rings is 1. The van der Waals surface area contributed by atoms with Gasteiger partial charge in [-0.1, -0.05) is 23.7 Å². The molecule has 3 aromatic rings. The number of nitrogens with zero attached hydrogens (tertiary/aromatic N) is 2. The van der Waals surface area contributed by atoms with Crippen LogP contribution in [0.25, 0.3) is 11.0 Å². The number of halogens is 1. The molecule has 0 aliphatic carbocycles. The molecule has 3 rings (SSSR count). The fraction of sp³-hybridized carbons (Fsp3) is 0.0714. The van der Waals surface area contributed by atoms with Gasteiger partial charge in [0.15, 0.2) is 4.77 Å². The number of rotatable bonds is 2. The van der Waals surface area contributed by atoms with Crippen LogP contribution in [0.1, 0.15) is 5.56 Å². The third-order valence-corrected chi connectivity index (χ3v) is 3.54. The zero-order valence-electron chi connectivity index (χ0n) is 10.3. The molecule has 0 spiro atoms. The SMILES string of the molecule is O=c1c2cccnc2[nH]c(=S)n1Cc1cccc(Cl)c1. The largest absolute Gasteiger partial charge is 0.316 e. The topological polar surface area (TPSA) is 50.7 Å². The van der Waals surface area contributed by atoms with E-state index >= 15 is 0 Å². The maximum absolute atomic E-state index is 12.4. The van der Waals surface area contributed by atoms with Gasteiger partial charge < -0.3 is 4.98 Å². The van der Waals surface area contributed by atoms with Crippen LogP contribution in [0.3, 0.4) is 0 Å². The molecule has 0 amide bonds. The summed E-state index contributed by atoms with van der Waals surface area (Å²) in [6.45, 7) is 0.375. The maximum Gasteiger partial charge on any atom is 0.264 e. The highest BCUT2D eigenvalue weighted by atomic mass is 35.5. The number of hydrogen-bond acceptors (Lipinski definition) is 3. The van der Waals surface area contributed by atoms with Crippen LogP contribution in [-0.4, -0.2) is 14.5 Å². The molecule has 1 N–H and O–H groups in total. The molecule has 6 heteroatoms. The fourth-order valence-corrected chi connectivity index (χ4v) is 2.50. The summed E-state index contributed by atoms with van der Waals surface area (Å²) < 4.78 is 1.85. The van der Waals surface area contributed by atoms with Gasteiger partial charge in [-0.3, -0.25) is 9.36 Å². The van der Waals surface area contributed by atoms with E-state index in [0.717, 1.165) is 5.56 Å². The smallest absolute Gasteiger partial charge is 0.264 e. The highest BCUT2D eigenvalue weighted by molar-refractivity contribution is 7.71. The van der Waals surface area contributed by atoms with Gasteiger partial charge in [-0.25, -0.2) is 4.98 Å². The monoisotopic (exact) mass is 303 g/mol. The van der Waals surface area contributed by atoms with Crippen LogP contribution in [0.5, 0.6) is 0 Å². The zero-order valence-corrected chi connectivity index (χ0v) is 11.9. The first-order valence-electron chi connectivity index (χ1n) is 5.97. The fourth-order valence-electron chi connectivity index (χ4n) is 2.05. The number of aromatic amines is 1. The number of H-pyrrole nitrogens is 1. The number of fused-ring (bicyclic) bond motifs is 1. The Morgan fingerprint density at radius 1 is 1.30 bits per heavy atom. The van der Waals surface area contributed by atoms with Crippen molar-refractivity contribution in [2.24, 2.45) is 0 Å². The van der Waals surface area contributed by atoms with Gasteiger partial charge >= 0.3 is 0 Å². The molecule has 0 saturated carbocycles. The van der Waals surface area contributed by atoms with Crippen LogP contribution >= 0.6 is 23.8 Å². The van der Waals surface area contributed by atoms with Gasteiger partial charge in [0.25, 0.3) is 5.56 Å². The van der Waals surface area contributed by atoms with Gasteiger partial charge in [-0.05, 0) is 42.0 Å². The number of hydrogen-bond donors (Lipinski definition) is 1. The third-order valence-electron chi connectivity index (χ3n) is 2.98. The van der Waals surface area contributed by atoms with Crippen molar-refractivity contribution in [2.45, 2.75) is 6.54 Å². The average Bonchev–Trinajstić information content (AvgIpc) is 2.43. The second-order valence-electron chi connectivity index (χ2n) is 4.35. The molecule has 0 bridgehead atoms. The van der Waals surface area contributed by atoms with E-state index in [4.69, 9.17) is 23.8 Å². The van der Waals surface area contributed by atoms with Crippen molar-refractivity contribution in [1.29, 1.82) is 0 Å². The highest BCUT2D eigenvalue weighted by Gasteiger charge is 2.06. The molecule has 0 saturated heterocycles. The van der Waals surface area contributed by atoms with Crippen LogP contribution in [-0.2, 0) is 6.54 Å². The predicted octanol–water partition coefficient (Wildman–Crippen LogP) is 3.16. The minimum absolute atomic E-state index is 0.156. The van der Waals surface area contributed by atoms with Gasteiger partial charge in [0, 0.05) is 11.2 Å². The standard InChI is InChI=1S/C14H10ClN3OS/c15-10-4-1-3-9(7-10)8-18-13(19)11-5-2-6-16-12(11)17-14(18)20/h1-7H,8H2,(H,16,17,20). The average molecular weight is 304 g/mol. The van der Waals surface area contributed by atoms with Crippen molar-refractivity contribution >= 4 is 34.9 Å². The van der Waals surface area contributed by atoms with Crippen molar-refractivity contribution in [3.8, 4) is 0 Å². The summed E-state index contributed by atoms with van der Waals surface area (Å²) in [5.41, 5.74) is 1.27. The Hall–Kier alpha value is -1.98. The summed E-state index contributed by atoms with van der Waals surface area (Å²) in [7, 11) is 0. The van der Waals surface area contributed by atoms with Gasteiger partial charge in [0.05, 0.1) is 11.9 Å². The minimum atomic E-state index is -0.156. The third kappa shape index (κ3) is 2.37. The Labute approximate surface area is 124 Å². The molecule has 0 atom stereocenters. The van der Waals surface area contributed by atoms with E-state index < -0.39 is 0 Å². The molecule has 2 aromatic heterocycles. The zero-order chi connectivity index (χ0) is 14.1. The Balaban J connectivity index is 2.17. The quantitative estimate of drug-likeness (QED) is 0.740. The molecule has 100 valence electrons. The molecule has 2 heterocycles. The van der Waals surface area contributed by atoms with Crippen LogP contribution in [0, 0.1) is 4.77 Å². The van der Waals surface area contributed by atoms with Crippen LogP contribution < -0.4 is 5.56 Å². The van der Waals surface area contributed by atoms with E-state index in [1.165, 1.54) is 4.57 Å². The summed E-state index contributed by atoms with van der Waals surface area (Å²) in [6.07, 6.45) is 1.62. The normalized spacial score (nSPS) is 10.8. The summed E-state index contributed by atoms with van der Waals surface area (Å²) in [5.74, 6) is 0. The van der Waals surface area contributed by atoms with Crippen molar-refractivity contribution in [1.82, 2.24) is 14.5 Å². The minimum Gasteiger partial charge on any atom is -0.316 e. The van der Waals surface area contributed by atoms with Crippen LogP contribution in [0.15, 0.2) is 47.4 Å². The first-order valence-corrected chi connectivity index (χ1v) is 6.76. The van der Waals surface area contributed by atoms with Gasteiger partial charge in [0.1, 0.15) is 5.65 Å². The molecule has 1 aromatic carbocycles. The lowest BCUT2D eigenvalue weighted by atomic mass is 10.2. The van der Waals surface area contributed by atoms with Crippen molar-refractivity contribution in [2.75, 3.05) is 0 Å². The number of nitrogens with one attached hydrogen (secondary N) is 1. The lowest BCUT2D eigenvalue weighted by Gasteiger charge is -2.08. The summed E-state index contributed by atoms with van der Waals surface area (Å²) in [5, 5.41) is 1.15. The summed E-state index contributed by atoms with van der Waals surface area (Å²) in [4.78, 5) is 19.5. The Morgan fingerprint density at radius 2 is 2.15 bits per heavy atom. The molecular formula is C14H10ClN3OS. The van der Waals surface area contributed by atoms with E-state index in [1.54, 1.807) is 24.4 Å². The van der Waals surface area contributed by atoms with Crippen LogP contribution in [0.2, 0.25) is 5.02 Å². The Bertz CT molecular complexity index is 901. The number of aromatic nitrogens is 3. The van der Waals surface area contributed by atoms with Gasteiger partial charge in [0.2, 0.25) is 0 Å².